The van der Waals surface area contributed by atoms with Crippen LogP contribution in [0.3, 0.4) is 0 Å². The average Bonchev–Trinajstić information content (AvgIpc) is 2.95. The summed E-state index contributed by atoms with van der Waals surface area (Å²) in [5.74, 6) is 1.17. The van der Waals surface area contributed by atoms with E-state index in [1.165, 1.54) is 24.2 Å². The molecule has 116 valence electrons. The molecule has 2 fully saturated rings. The lowest BCUT2D eigenvalue weighted by atomic mass is 9.89. The molecule has 3 heterocycles. The Morgan fingerprint density at radius 1 is 1.33 bits per heavy atom. The van der Waals surface area contributed by atoms with Crippen molar-refractivity contribution in [2.75, 3.05) is 5.32 Å². The summed E-state index contributed by atoms with van der Waals surface area (Å²) in [6, 6.07) is 1.28. The molecule has 0 aliphatic carbocycles. The van der Waals surface area contributed by atoms with E-state index in [1.54, 1.807) is 0 Å². The molecule has 21 heavy (non-hydrogen) atoms. The van der Waals surface area contributed by atoms with E-state index in [9.17, 15) is 4.79 Å². The highest BCUT2D eigenvalue weighted by molar-refractivity contribution is 7.15. The lowest BCUT2D eigenvalue weighted by Crippen LogP contribution is -2.39. The number of aromatic nitrogens is 2. The van der Waals surface area contributed by atoms with Gasteiger partial charge in [-0.2, -0.15) is 0 Å². The van der Waals surface area contributed by atoms with Crippen LogP contribution in [0.4, 0.5) is 5.13 Å². The van der Waals surface area contributed by atoms with Gasteiger partial charge in [0.15, 0.2) is 0 Å². The lowest BCUT2D eigenvalue weighted by Gasteiger charge is -2.28. The van der Waals surface area contributed by atoms with Crippen molar-refractivity contribution in [3.63, 3.8) is 0 Å². The third-order valence-electron chi connectivity index (χ3n) is 4.34. The smallest absolute Gasteiger partial charge is 0.226 e. The molecule has 2 N–H and O–H groups in total. The van der Waals surface area contributed by atoms with Gasteiger partial charge in [-0.3, -0.25) is 4.79 Å². The Labute approximate surface area is 129 Å². The highest BCUT2D eigenvalue weighted by atomic mass is 32.1. The number of hydrogen-bond acceptors (Lipinski definition) is 5. The molecule has 0 saturated carbocycles. The molecule has 1 amide bonds. The standard InChI is InChI=1S/C15H24N4OS/c1-9(2)5-14-18-19-15(21-14)17-13(20)8-10-6-11-3-4-12(7-10)16-11/h9-12,16H,3-8H2,1-2H3,(H,17,19,20). The number of fused-ring (bicyclic) bond motifs is 2. The molecule has 5 nitrogen and oxygen atoms in total. The molecule has 6 heteroatoms. The van der Waals surface area contributed by atoms with E-state index < -0.39 is 0 Å². The number of rotatable bonds is 5. The summed E-state index contributed by atoms with van der Waals surface area (Å²) >= 11 is 1.50. The van der Waals surface area contributed by atoms with Crippen molar-refractivity contribution in [1.29, 1.82) is 0 Å². The van der Waals surface area contributed by atoms with E-state index in [2.05, 4.69) is 34.7 Å². The molecule has 2 unspecified atom stereocenters. The summed E-state index contributed by atoms with van der Waals surface area (Å²) in [5, 5.41) is 16.4. The summed E-state index contributed by atoms with van der Waals surface area (Å²) < 4.78 is 0. The van der Waals surface area contributed by atoms with E-state index >= 15 is 0 Å². The fourth-order valence-corrected chi connectivity index (χ4v) is 4.48. The van der Waals surface area contributed by atoms with Gasteiger partial charge < -0.3 is 10.6 Å². The highest BCUT2D eigenvalue weighted by Gasteiger charge is 2.34. The van der Waals surface area contributed by atoms with Crippen molar-refractivity contribution >= 4 is 22.4 Å². The predicted octanol–water partition coefficient (Wildman–Crippen LogP) is 2.60. The fourth-order valence-electron chi connectivity index (χ4n) is 3.51. The number of nitrogens with one attached hydrogen (secondary N) is 2. The quantitative estimate of drug-likeness (QED) is 0.877. The van der Waals surface area contributed by atoms with Gasteiger partial charge in [0.25, 0.3) is 0 Å². The largest absolute Gasteiger partial charge is 0.311 e. The third-order valence-corrected chi connectivity index (χ3v) is 5.20. The van der Waals surface area contributed by atoms with Crippen LogP contribution in [0.2, 0.25) is 0 Å². The zero-order valence-corrected chi connectivity index (χ0v) is 13.6. The van der Waals surface area contributed by atoms with Gasteiger partial charge in [0, 0.05) is 24.9 Å². The molecule has 3 rings (SSSR count). The Hall–Kier alpha value is -1.01. The molecule has 2 aliphatic heterocycles. The Morgan fingerprint density at radius 2 is 2.05 bits per heavy atom. The minimum absolute atomic E-state index is 0.0912. The number of carbonyl (C=O) groups excluding carboxylic acids is 1. The van der Waals surface area contributed by atoms with E-state index in [4.69, 9.17) is 0 Å². The van der Waals surface area contributed by atoms with Gasteiger partial charge in [-0.1, -0.05) is 25.2 Å². The Balaban J connectivity index is 1.48. The Bertz CT molecular complexity index is 490. The van der Waals surface area contributed by atoms with E-state index in [0.717, 1.165) is 24.3 Å². The second-order valence-corrected chi connectivity index (χ2v) is 7.89. The van der Waals surface area contributed by atoms with Crippen LogP contribution in [0.15, 0.2) is 0 Å². The summed E-state index contributed by atoms with van der Waals surface area (Å²) in [6.45, 7) is 4.32. The van der Waals surface area contributed by atoms with Crippen molar-refractivity contribution in [2.24, 2.45) is 11.8 Å². The first-order valence-electron chi connectivity index (χ1n) is 7.96. The first kappa shape index (κ1) is 14.9. The van der Waals surface area contributed by atoms with E-state index in [-0.39, 0.29) is 5.91 Å². The molecule has 0 radical (unpaired) electrons. The minimum Gasteiger partial charge on any atom is -0.311 e. The van der Waals surface area contributed by atoms with Gasteiger partial charge in [-0.25, -0.2) is 0 Å². The maximum Gasteiger partial charge on any atom is 0.226 e. The normalized spacial score (nSPS) is 28.0. The lowest BCUT2D eigenvalue weighted by molar-refractivity contribution is -0.117. The van der Waals surface area contributed by atoms with E-state index in [1.807, 2.05) is 0 Å². The number of hydrogen-bond donors (Lipinski definition) is 2. The molecule has 2 atom stereocenters. The van der Waals surface area contributed by atoms with Gasteiger partial charge in [0.2, 0.25) is 11.0 Å². The SMILES string of the molecule is CC(C)Cc1nnc(NC(=O)CC2CC3CCC(C2)N3)s1. The zero-order valence-electron chi connectivity index (χ0n) is 12.8. The Kier molecular flexibility index (Phi) is 4.54. The van der Waals surface area contributed by atoms with Crippen molar-refractivity contribution in [1.82, 2.24) is 15.5 Å². The summed E-state index contributed by atoms with van der Waals surface area (Å²) in [4.78, 5) is 12.2. The molecular weight excluding hydrogens is 284 g/mol. The van der Waals surface area contributed by atoms with Gasteiger partial charge in [0.05, 0.1) is 0 Å². The summed E-state index contributed by atoms with van der Waals surface area (Å²) in [7, 11) is 0. The molecule has 1 aromatic rings. The number of piperidine rings is 1. The van der Waals surface area contributed by atoms with Crippen molar-refractivity contribution in [2.45, 2.75) is 64.5 Å². The van der Waals surface area contributed by atoms with Gasteiger partial charge in [-0.05, 0) is 37.5 Å². The monoisotopic (exact) mass is 308 g/mol. The first-order chi connectivity index (χ1) is 10.1. The van der Waals surface area contributed by atoms with E-state index in [0.29, 0.717) is 35.5 Å². The summed E-state index contributed by atoms with van der Waals surface area (Å²) in [5.41, 5.74) is 0. The van der Waals surface area contributed by atoms with Crippen LogP contribution in [0.25, 0.3) is 0 Å². The number of amides is 1. The van der Waals surface area contributed by atoms with Gasteiger partial charge in [-0.15, -0.1) is 10.2 Å². The third kappa shape index (κ3) is 4.01. The zero-order chi connectivity index (χ0) is 14.8. The predicted molar refractivity (Wildman–Crippen MR) is 84.4 cm³/mol. The number of nitrogens with zero attached hydrogens (tertiary/aromatic N) is 2. The van der Waals surface area contributed by atoms with Crippen molar-refractivity contribution in [3.8, 4) is 0 Å². The van der Waals surface area contributed by atoms with Crippen LogP contribution in [0, 0.1) is 11.8 Å². The van der Waals surface area contributed by atoms with Crippen LogP contribution in [0.5, 0.6) is 0 Å². The van der Waals surface area contributed by atoms with Crippen molar-refractivity contribution in [3.05, 3.63) is 5.01 Å². The highest BCUT2D eigenvalue weighted by Crippen LogP contribution is 2.32. The van der Waals surface area contributed by atoms with Crippen molar-refractivity contribution < 1.29 is 4.79 Å². The van der Waals surface area contributed by atoms with Gasteiger partial charge in [0.1, 0.15) is 5.01 Å². The van der Waals surface area contributed by atoms with Crippen LogP contribution in [0.1, 0.15) is 51.0 Å². The molecule has 0 spiro atoms. The second-order valence-electron chi connectivity index (χ2n) is 6.83. The van der Waals surface area contributed by atoms with Gasteiger partial charge >= 0.3 is 0 Å². The number of anilines is 1. The Morgan fingerprint density at radius 3 is 2.71 bits per heavy atom. The average molecular weight is 308 g/mol. The number of carbonyl (C=O) groups is 1. The maximum absolute atomic E-state index is 12.2. The fraction of sp³-hybridized carbons (Fsp3) is 0.800. The van der Waals surface area contributed by atoms with Crippen LogP contribution in [-0.4, -0.2) is 28.2 Å². The summed E-state index contributed by atoms with van der Waals surface area (Å²) in [6.07, 6.45) is 6.37. The molecular formula is C15H24N4OS. The maximum atomic E-state index is 12.2. The first-order valence-corrected chi connectivity index (χ1v) is 8.78. The molecule has 2 saturated heterocycles. The van der Waals surface area contributed by atoms with Crippen LogP contribution >= 0.6 is 11.3 Å². The topological polar surface area (TPSA) is 66.9 Å². The molecule has 1 aromatic heterocycles. The second kappa shape index (κ2) is 6.40. The molecule has 0 aromatic carbocycles. The molecule has 2 aliphatic rings. The minimum atomic E-state index is 0.0912. The van der Waals surface area contributed by atoms with Crippen LogP contribution < -0.4 is 10.6 Å². The molecule has 2 bridgehead atoms. The van der Waals surface area contributed by atoms with Crippen LogP contribution in [-0.2, 0) is 11.2 Å².